The van der Waals surface area contributed by atoms with Crippen LogP contribution >= 0.6 is 0 Å². The maximum atomic E-state index is 11.6. The summed E-state index contributed by atoms with van der Waals surface area (Å²) < 4.78 is 33.8. The molecule has 0 bridgehead atoms. The Kier molecular flexibility index (Phi) is 4.74. The Balaban J connectivity index is 2.31. The van der Waals surface area contributed by atoms with Gasteiger partial charge in [-0.15, -0.1) is 0 Å². The third-order valence-electron chi connectivity index (χ3n) is 3.10. The molecule has 2 rings (SSSR count). The van der Waals surface area contributed by atoms with Crippen LogP contribution in [0.3, 0.4) is 0 Å². The molecule has 23 heavy (non-hydrogen) atoms. The van der Waals surface area contributed by atoms with E-state index in [0.717, 1.165) is 5.56 Å². The number of ether oxygens (including phenoxy) is 2. The van der Waals surface area contributed by atoms with Crippen molar-refractivity contribution in [1.82, 2.24) is 0 Å². The van der Waals surface area contributed by atoms with Gasteiger partial charge in [0.15, 0.2) is 0 Å². The first-order valence-corrected chi connectivity index (χ1v) is 8.02. The van der Waals surface area contributed by atoms with Crippen molar-refractivity contribution < 1.29 is 17.9 Å². The number of methoxy groups -OCH3 is 1. The highest BCUT2D eigenvalue weighted by Crippen LogP contribution is 2.30. The predicted molar refractivity (Wildman–Crippen MR) is 84.3 cm³/mol. The second-order valence-corrected chi connectivity index (χ2v) is 6.15. The van der Waals surface area contributed by atoms with Gasteiger partial charge in [-0.05, 0) is 29.8 Å². The van der Waals surface area contributed by atoms with Crippen LogP contribution in [0.1, 0.15) is 11.1 Å². The molecule has 2 aromatic carbocycles. The molecule has 0 aliphatic carbocycles. The first kappa shape index (κ1) is 16.6. The van der Waals surface area contributed by atoms with E-state index >= 15 is 0 Å². The number of nitrogens with two attached hydrogens (primary N) is 2. The van der Waals surface area contributed by atoms with Crippen LogP contribution in [-0.4, -0.2) is 15.5 Å². The number of primary sulfonamides is 1. The minimum absolute atomic E-state index is 0.0964. The molecule has 0 amide bonds. The van der Waals surface area contributed by atoms with Crippen molar-refractivity contribution in [2.45, 2.75) is 11.5 Å². The lowest BCUT2D eigenvalue weighted by Gasteiger charge is -2.12. The molecule has 0 atom stereocenters. The van der Waals surface area contributed by atoms with Crippen LogP contribution in [0, 0.1) is 11.3 Å². The zero-order chi connectivity index (χ0) is 17.0. The molecule has 4 N–H and O–H groups in total. The number of anilines is 1. The Labute approximate surface area is 134 Å². The van der Waals surface area contributed by atoms with Crippen molar-refractivity contribution in [1.29, 1.82) is 5.26 Å². The number of hydrogen-bond acceptors (Lipinski definition) is 6. The fourth-order valence-corrected chi connectivity index (χ4v) is 2.82. The number of nitrogens with zero attached hydrogens (tertiary/aromatic N) is 1. The molecule has 0 aliphatic rings. The van der Waals surface area contributed by atoms with E-state index in [1.54, 1.807) is 37.4 Å². The normalized spacial score (nSPS) is 10.8. The maximum absolute atomic E-state index is 11.6. The van der Waals surface area contributed by atoms with Gasteiger partial charge in [-0.3, -0.25) is 0 Å². The number of nitriles is 1. The summed E-state index contributed by atoms with van der Waals surface area (Å²) >= 11 is 0. The molecule has 0 saturated heterocycles. The van der Waals surface area contributed by atoms with Crippen molar-refractivity contribution in [2.24, 2.45) is 5.14 Å². The molecular weight excluding hydrogens is 318 g/mol. The van der Waals surface area contributed by atoms with E-state index < -0.39 is 14.9 Å². The number of benzene rings is 2. The summed E-state index contributed by atoms with van der Waals surface area (Å²) in [6.07, 6.45) is 0. The SMILES string of the molecule is COc1ccc(COc2ccc(N)c(S(N)(=O)=O)c2C#N)cc1. The highest BCUT2D eigenvalue weighted by Gasteiger charge is 2.22. The Morgan fingerprint density at radius 1 is 1.17 bits per heavy atom. The molecule has 0 saturated carbocycles. The molecule has 0 unspecified atom stereocenters. The molecule has 120 valence electrons. The lowest BCUT2D eigenvalue weighted by atomic mass is 10.2. The van der Waals surface area contributed by atoms with E-state index in [9.17, 15) is 13.7 Å². The topological polar surface area (TPSA) is 128 Å². The van der Waals surface area contributed by atoms with E-state index in [-0.39, 0.29) is 23.6 Å². The average Bonchev–Trinajstić information content (AvgIpc) is 2.52. The van der Waals surface area contributed by atoms with Gasteiger partial charge in [0.1, 0.15) is 34.6 Å². The maximum Gasteiger partial charge on any atom is 0.241 e. The minimum atomic E-state index is -4.13. The number of rotatable bonds is 5. The van der Waals surface area contributed by atoms with Crippen molar-refractivity contribution in [2.75, 3.05) is 12.8 Å². The Hall–Kier alpha value is -2.76. The first-order chi connectivity index (χ1) is 10.9. The number of sulfonamides is 1. The Morgan fingerprint density at radius 2 is 1.83 bits per heavy atom. The van der Waals surface area contributed by atoms with Gasteiger partial charge in [-0.25, -0.2) is 13.6 Å². The average molecular weight is 333 g/mol. The number of hydrogen-bond donors (Lipinski definition) is 2. The fourth-order valence-electron chi connectivity index (χ4n) is 2.00. The predicted octanol–water partition coefficient (Wildman–Crippen LogP) is 1.38. The summed E-state index contributed by atoms with van der Waals surface area (Å²) in [5, 5.41) is 14.3. The lowest BCUT2D eigenvalue weighted by Crippen LogP contribution is -2.16. The van der Waals surface area contributed by atoms with E-state index in [4.69, 9.17) is 20.3 Å². The molecule has 0 aromatic heterocycles. The summed E-state index contributed by atoms with van der Waals surface area (Å²) in [6, 6.07) is 11.7. The van der Waals surface area contributed by atoms with Crippen LogP contribution in [0.25, 0.3) is 0 Å². The van der Waals surface area contributed by atoms with E-state index in [2.05, 4.69) is 0 Å². The second-order valence-electron chi connectivity index (χ2n) is 4.65. The summed E-state index contributed by atoms with van der Waals surface area (Å²) in [5.74, 6) is 0.803. The van der Waals surface area contributed by atoms with Gasteiger partial charge in [0, 0.05) is 0 Å². The van der Waals surface area contributed by atoms with Crippen LogP contribution in [0.4, 0.5) is 5.69 Å². The van der Waals surface area contributed by atoms with E-state index in [0.29, 0.717) is 5.75 Å². The molecule has 0 fully saturated rings. The van der Waals surface area contributed by atoms with Crippen LogP contribution in [-0.2, 0) is 16.6 Å². The first-order valence-electron chi connectivity index (χ1n) is 6.48. The van der Waals surface area contributed by atoms with Gasteiger partial charge in [-0.1, -0.05) is 12.1 Å². The number of nitrogen functional groups attached to an aromatic ring is 1. The van der Waals surface area contributed by atoms with Crippen LogP contribution in [0.2, 0.25) is 0 Å². The van der Waals surface area contributed by atoms with Gasteiger partial charge in [0.05, 0.1) is 12.8 Å². The Morgan fingerprint density at radius 3 is 2.35 bits per heavy atom. The van der Waals surface area contributed by atoms with Crippen molar-refractivity contribution >= 4 is 15.7 Å². The Bertz CT molecular complexity index is 856. The van der Waals surface area contributed by atoms with Gasteiger partial charge < -0.3 is 15.2 Å². The highest BCUT2D eigenvalue weighted by atomic mass is 32.2. The second kappa shape index (κ2) is 6.56. The third kappa shape index (κ3) is 3.71. The molecule has 0 aliphatic heterocycles. The smallest absolute Gasteiger partial charge is 0.241 e. The zero-order valence-corrected chi connectivity index (χ0v) is 13.1. The van der Waals surface area contributed by atoms with Gasteiger partial charge in [0.2, 0.25) is 10.0 Å². The molecule has 0 spiro atoms. The van der Waals surface area contributed by atoms with Crippen molar-refractivity contribution in [3.63, 3.8) is 0 Å². The van der Waals surface area contributed by atoms with E-state index in [1.165, 1.54) is 12.1 Å². The van der Waals surface area contributed by atoms with Crippen LogP contribution < -0.4 is 20.3 Å². The summed E-state index contributed by atoms with van der Waals surface area (Å²) in [6.45, 7) is 0.145. The van der Waals surface area contributed by atoms with Crippen molar-refractivity contribution in [3.8, 4) is 17.6 Å². The molecule has 2 aromatic rings. The van der Waals surface area contributed by atoms with Gasteiger partial charge >= 0.3 is 0 Å². The standard InChI is InChI=1S/C15H15N3O4S/c1-21-11-4-2-10(3-5-11)9-22-14-7-6-13(17)15(12(14)8-16)23(18,19)20/h2-7H,9,17H2,1H3,(H2,18,19,20). The van der Waals surface area contributed by atoms with Gasteiger partial charge in [0.25, 0.3) is 0 Å². The zero-order valence-electron chi connectivity index (χ0n) is 12.3. The van der Waals surface area contributed by atoms with Crippen LogP contribution in [0.15, 0.2) is 41.3 Å². The molecular formula is C15H15N3O4S. The summed E-state index contributed by atoms with van der Waals surface area (Å²) in [7, 11) is -2.57. The molecule has 0 radical (unpaired) electrons. The van der Waals surface area contributed by atoms with Crippen LogP contribution in [0.5, 0.6) is 11.5 Å². The van der Waals surface area contributed by atoms with E-state index in [1.807, 2.05) is 0 Å². The van der Waals surface area contributed by atoms with Crippen molar-refractivity contribution in [3.05, 3.63) is 47.5 Å². The van der Waals surface area contributed by atoms with Gasteiger partial charge in [-0.2, -0.15) is 5.26 Å². The quantitative estimate of drug-likeness (QED) is 0.795. The largest absolute Gasteiger partial charge is 0.497 e. The minimum Gasteiger partial charge on any atom is -0.497 e. The summed E-state index contributed by atoms with van der Waals surface area (Å²) in [5.41, 5.74) is 6.13. The third-order valence-corrected chi connectivity index (χ3v) is 4.11. The fraction of sp³-hybridized carbons (Fsp3) is 0.133. The summed E-state index contributed by atoms with van der Waals surface area (Å²) in [4.78, 5) is -0.424. The molecule has 8 heteroatoms. The molecule has 0 heterocycles. The lowest BCUT2D eigenvalue weighted by molar-refractivity contribution is 0.304. The monoisotopic (exact) mass is 333 g/mol. The molecule has 7 nitrogen and oxygen atoms in total. The highest BCUT2D eigenvalue weighted by molar-refractivity contribution is 7.89.